The molecule has 0 aliphatic carbocycles. The van der Waals surface area contributed by atoms with Gasteiger partial charge in [-0.25, -0.2) is 9.37 Å². The molecule has 4 rings (SSSR count). The summed E-state index contributed by atoms with van der Waals surface area (Å²) in [6.45, 7) is 2.79. The second kappa shape index (κ2) is 7.26. The minimum Gasteiger partial charge on any atom is -0.347 e. The van der Waals surface area contributed by atoms with Gasteiger partial charge in [-0.3, -0.25) is 9.59 Å². The molecule has 1 unspecified atom stereocenters. The fraction of sp³-hybridized carbons (Fsp3) is 0.190. The SMILES string of the molecule is Cc1ccccc1CNC(=O)c1cn2c(n1)C(=O)NC(c1ccc(F)cc1)C2. The second-order valence-electron chi connectivity index (χ2n) is 6.79. The standard InChI is InChI=1S/C21H19FN4O2/c1-13-4-2-3-5-15(13)10-23-20(27)18-12-26-11-17(25-21(28)19(26)24-18)14-6-8-16(22)9-7-14/h2-9,12,17H,10-11H2,1H3,(H,23,27)(H,25,28). The van der Waals surface area contributed by atoms with Crippen LogP contribution in [-0.4, -0.2) is 21.4 Å². The lowest BCUT2D eigenvalue weighted by atomic mass is 10.1. The van der Waals surface area contributed by atoms with Crippen molar-refractivity contribution in [3.8, 4) is 0 Å². The van der Waals surface area contributed by atoms with Crippen molar-refractivity contribution in [3.63, 3.8) is 0 Å². The van der Waals surface area contributed by atoms with Crippen molar-refractivity contribution >= 4 is 11.8 Å². The molecule has 0 spiro atoms. The van der Waals surface area contributed by atoms with Crippen LogP contribution < -0.4 is 10.6 Å². The number of imidazole rings is 1. The van der Waals surface area contributed by atoms with Crippen molar-refractivity contribution in [3.05, 3.63) is 88.8 Å². The Labute approximate surface area is 161 Å². The summed E-state index contributed by atoms with van der Waals surface area (Å²) in [5.74, 6) is -0.837. The molecule has 0 bridgehead atoms. The Morgan fingerprint density at radius 2 is 2.00 bits per heavy atom. The molecule has 2 aromatic carbocycles. The number of fused-ring (bicyclic) bond motifs is 1. The van der Waals surface area contributed by atoms with E-state index in [2.05, 4.69) is 15.6 Å². The number of hydrogen-bond acceptors (Lipinski definition) is 3. The van der Waals surface area contributed by atoms with Gasteiger partial charge in [0.05, 0.1) is 6.04 Å². The fourth-order valence-corrected chi connectivity index (χ4v) is 3.27. The van der Waals surface area contributed by atoms with Crippen LogP contribution >= 0.6 is 0 Å². The largest absolute Gasteiger partial charge is 0.347 e. The Hall–Kier alpha value is -3.48. The van der Waals surface area contributed by atoms with Crippen LogP contribution in [0.5, 0.6) is 0 Å². The fourth-order valence-electron chi connectivity index (χ4n) is 3.27. The van der Waals surface area contributed by atoms with Gasteiger partial charge in [-0.1, -0.05) is 36.4 Å². The van der Waals surface area contributed by atoms with Gasteiger partial charge in [0.1, 0.15) is 11.5 Å². The molecule has 1 aliphatic heterocycles. The maximum Gasteiger partial charge on any atom is 0.287 e. The number of carbonyl (C=O) groups is 2. The molecule has 2 amide bonds. The van der Waals surface area contributed by atoms with Gasteiger partial charge < -0.3 is 15.2 Å². The van der Waals surface area contributed by atoms with E-state index >= 15 is 0 Å². The highest BCUT2D eigenvalue weighted by molar-refractivity contribution is 5.96. The zero-order valence-electron chi connectivity index (χ0n) is 15.3. The Morgan fingerprint density at radius 3 is 2.75 bits per heavy atom. The molecule has 0 radical (unpaired) electrons. The van der Waals surface area contributed by atoms with Gasteiger partial charge >= 0.3 is 0 Å². The minimum absolute atomic E-state index is 0.193. The highest BCUT2D eigenvalue weighted by Crippen LogP contribution is 2.22. The van der Waals surface area contributed by atoms with Crippen LogP contribution in [-0.2, 0) is 13.1 Å². The van der Waals surface area contributed by atoms with Crippen LogP contribution in [0.1, 0.15) is 43.8 Å². The maximum absolute atomic E-state index is 13.1. The predicted molar refractivity (Wildman–Crippen MR) is 101 cm³/mol. The summed E-state index contributed by atoms with van der Waals surface area (Å²) in [5.41, 5.74) is 3.10. The smallest absolute Gasteiger partial charge is 0.287 e. The number of benzene rings is 2. The van der Waals surface area contributed by atoms with Gasteiger partial charge in [0.15, 0.2) is 5.82 Å². The summed E-state index contributed by atoms with van der Waals surface area (Å²) in [6, 6.07) is 13.5. The van der Waals surface area contributed by atoms with Crippen molar-refractivity contribution < 1.29 is 14.0 Å². The number of hydrogen-bond donors (Lipinski definition) is 2. The predicted octanol–water partition coefficient (Wildman–Crippen LogP) is 2.75. The number of aromatic nitrogens is 2. The molecule has 28 heavy (non-hydrogen) atoms. The minimum atomic E-state index is -0.362. The van der Waals surface area contributed by atoms with Gasteiger partial charge in [-0.2, -0.15) is 0 Å². The van der Waals surface area contributed by atoms with Crippen LogP contribution in [0.15, 0.2) is 54.7 Å². The number of nitrogens with one attached hydrogen (secondary N) is 2. The Balaban J connectivity index is 1.49. The summed E-state index contributed by atoms with van der Waals surface area (Å²) in [5, 5.41) is 5.69. The number of carbonyl (C=O) groups excluding carboxylic acids is 2. The summed E-state index contributed by atoms with van der Waals surface area (Å²) in [4.78, 5) is 29.1. The molecule has 1 aromatic heterocycles. The number of aryl methyl sites for hydroxylation is 1. The molecule has 2 N–H and O–H groups in total. The molecule has 0 saturated carbocycles. The number of rotatable bonds is 4. The lowest BCUT2D eigenvalue weighted by Gasteiger charge is -2.25. The van der Waals surface area contributed by atoms with Crippen molar-refractivity contribution in [2.45, 2.75) is 26.1 Å². The first-order valence-corrected chi connectivity index (χ1v) is 8.97. The van der Waals surface area contributed by atoms with E-state index in [0.29, 0.717) is 13.1 Å². The van der Waals surface area contributed by atoms with E-state index in [-0.39, 0.29) is 35.2 Å². The summed E-state index contributed by atoms with van der Waals surface area (Å²) in [6.07, 6.45) is 1.58. The van der Waals surface area contributed by atoms with E-state index in [4.69, 9.17) is 0 Å². The molecular formula is C21H19FN4O2. The van der Waals surface area contributed by atoms with Crippen molar-refractivity contribution in [2.75, 3.05) is 0 Å². The Kier molecular flexibility index (Phi) is 4.65. The molecule has 1 atom stereocenters. The first kappa shape index (κ1) is 17.9. The van der Waals surface area contributed by atoms with E-state index in [9.17, 15) is 14.0 Å². The average Bonchev–Trinajstić information content (AvgIpc) is 3.13. The number of amides is 2. The maximum atomic E-state index is 13.1. The van der Waals surface area contributed by atoms with E-state index in [1.165, 1.54) is 12.1 Å². The molecule has 1 aliphatic rings. The molecule has 6 nitrogen and oxygen atoms in total. The van der Waals surface area contributed by atoms with Crippen molar-refractivity contribution in [2.24, 2.45) is 0 Å². The molecule has 0 saturated heterocycles. The summed E-state index contributed by atoms with van der Waals surface area (Å²) in [7, 11) is 0. The molecule has 7 heteroatoms. The van der Waals surface area contributed by atoms with Crippen LogP contribution in [0.2, 0.25) is 0 Å². The third-order valence-corrected chi connectivity index (χ3v) is 4.87. The van der Waals surface area contributed by atoms with Gasteiger partial charge in [0.25, 0.3) is 11.8 Å². The summed E-state index contributed by atoms with van der Waals surface area (Å²) < 4.78 is 14.8. The van der Waals surface area contributed by atoms with Crippen LogP contribution in [0.3, 0.4) is 0 Å². The molecule has 3 aromatic rings. The Morgan fingerprint density at radius 1 is 1.25 bits per heavy atom. The lowest BCUT2D eigenvalue weighted by Crippen LogP contribution is -2.38. The first-order chi connectivity index (χ1) is 13.5. The molecule has 2 heterocycles. The zero-order valence-corrected chi connectivity index (χ0v) is 15.3. The van der Waals surface area contributed by atoms with Crippen molar-refractivity contribution in [1.82, 2.24) is 20.2 Å². The third-order valence-electron chi connectivity index (χ3n) is 4.87. The molecule has 0 fully saturated rings. The number of halogens is 1. The zero-order chi connectivity index (χ0) is 19.7. The second-order valence-corrected chi connectivity index (χ2v) is 6.79. The van der Waals surface area contributed by atoms with E-state index in [1.807, 2.05) is 31.2 Å². The lowest BCUT2D eigenvalue weighted by molar-refractivity contribution is 0.0894. The first-order valence-electron chi connectivity index (χ1n) is 8.97. The monoisotopic (exact) mass is 378 g/mol. The van der Waals surface area contributed by atoms with Gasteiger partial charge in [0.2, 0.25) is 0 Å². The van der Waals surface area contributed by atoms with Gasteiger partial charge in [-0.05, 0) is 35.7 Å². The van der Waals surface area contributed by atoms with Gasteiger partial charge in [-0.15, -0.1) is 0 Å². The Bertz CT molecular complexity index is 1040. The van der Waals surface area contributed by atoms with E-state index in [1.54, 1.807) is 22.9 Å². The highest BCUT2D eigenvalue weighted by Gasteiger charge is 2.28. The highest BCUT2D eigenvalue weighted by atomic mass is 19.1. The normalized spacial score (nSPS) is 15.6. The van der Waals surface area contributed by atoms with E-state index < -0.39 is 0 Å². The van der Waals surface area contributed by atoms with Crippen LogP contribution in [0.4, 0.5) is 4.39 Å². The van der Waals surface area contributed by atoms with Gasteiger partial charge in [0, 0.05) is 19.3 Å². The number of nitrogens with zero attached hydrogens (tertiary/aromatic N) is 2. The van der Waals surface area contributed by atoms with Crippen molar-refractivity contribution in [1.29, 1.82) is 0 Å². The summed E-state index contributed by atoms with van der Waals surface area (Å²) >= 11 is 0. The topological polar surface area (TPSA) is 76.0 Å². The average molecular weight is 378 g/mol. The quantitative estimate of drug-likeness (QED) is 0.733. The van der Waals surface area contributed by atoms with Crippen LogP contribution in [0, 0.1) is 12.7 Å². The third kappa shape index (κ3) is 3.51. The molecule has 142 valence electrons. The molecular weight excluding hydrogens is 359 g/mol. The van der Waals surface area contributed by atoms with E-state index in [0.717, 1.165) is 16.7 Å². The van der Waals surface area contributed by atoms with Crippen LogP contribution in [0.25, 0.3) is 0 Å².